The number of thiocarbonyl (C=S) groups is 1. The van der Waals surface area contributed by atoms with Gasteiger partial charge in [-0.05, 0) is 42.4 Å². The largest absolute Gasteiger partial charge is 0.331 e. The number of rotatable bonds is 8. The predicted octanol–water partition coefficient (Wildman–Crippen LogP) is 2.99. The van der Waals surface area contributed by atoms with Crippen molar-refractivity contribution in [2.24, 2.45) is 0 Å². The average molecular weight is 408 g/mol. The molecule has 0 bridgehead atoms. The van der Waals surface area contributed by atoms with Crippen LogP contribution in [-0.4, -0.2) is 35.9 Å². The summed E-state index contributed by atoms with van der Waals surface area (Å²) in [5.74, 6) is 0.460. The molecule has 3 N–H and O–H groups in total. The number of para-hydroxylation sites is 1. The Morgan fingerprint density at radius 1 is 1.11 bits per heavy atom. The first-order valence-electron chi connectivity index (χ1n) is 8.79. The molecule has 0 unspecified atom stereocenters. The number of hydrogen-bond acceptors (Lipinski definition) is 5. The van der Waals surface area contributed by atoms with Crippen molar-refractivity contribution < 1.29 is 8.42 Å². The highest BCUT2D eigenvalue weighted by Gasteiger charge is 2.21. The van der Waals surface area contributed by atoms with Gasteiger partial charge in [-0.2, -0.15) is 4.31 Å². The molecule has 9 heteroatoms. The van der Waals surface area contributed by atoms with E-state index in [1.165, 1.54) is 16.6 Å². The van der Waals surface area contributed by atoms with Gasteiger partial charge in [0.15, 0.2) is 5.11 Å². The number of hydrazine groups is 1. The van der Waals surface area contributed by atoms with Crippen molar-refractivity contribution in [2.45, 2.75) is 32.1 Å². The van der Waals surface area contributed by atoms with Crippen LogP contribution in [0, 0.1) is 0 Å². The van der Waals surface area contributed by atoms with E-state index in [1.807, 2.05) is 24.3 Å². The topological polar surface area (TPSA) is 86.4 Å². The SMILES string of the molecule is CCc1ccccc1NC(=S)NNc1ccc(S(=O)(=O)N(CC)CC)cn1. The van der Waals surface area contributed by atoms with Crippen LogP contribution < -0.4 is 16.2 Å². The normalized spacial score (nSPS) is 11.3. The van der Waals surface area contributed by atoms with Gasteiger partial charge in [-0.15, -0.1) is 0 Å². The number of pyridine rings is 1. The summed E-state index contributed by atoms with van der Waals surface area (Å²) < 4.78 is 26.3. The van der Waals surface area contributed by atoms with Gasteiger partial charge >= 0.3 is 0 Å². The number of sulfonamides is 1. The summed E-state index contributed by atoms with van der Waals surface area (Å²) in [6.45, 7) is 6.52. The third-order valence-corrected chi connectivity index (χ3v) is 6.27. The van der Waals surface area contributed by atoms with E-state index in [-0.39, 0.29) is 4.90 Å². The molecular formula is C18H25N5O2S2. The second-order valence-electron chi connectivity index (χ2n) is 5.68. The molecule has 27 heavy (non-hydrogen) atoms. The van der Waals surface area contributed by atoms with Gasteiger partial charge in [-0.3, -0.25) is 10.9 Å². The standard InChI is InChI=1S/C18H25N5O2S2/c1-4-14-9-7-8-10-16(14)20-18(26)22-21-17-12-11-15(13-19-17)27(24,25)23(5-2)6-3/h7-13H,4-6H2,1-3H3,(H,19,21)(H2,20,22,26). The number of nitrogens with one attached hydrogen (secondary N) is 3. The minimum Gasteiger partial charge on any atom is -0.331 e. The van der Waals surface area contributed by atoms with Crippen molar-refractivity contribution in [1.29, 1.82) is 0 Å². The summed E-state index contributed by atoms with van der Waals surface area (Å²) in [6.07, 6.45) is 2.23. The Morgan fingerprint density at radius 3 is 2.41 bits per heavy atom. The minimum absolute atomic E-state index is 0.161. The Kier molecular flexibility index (Phi) is 7.52. The maximum atomic E-state index is 12.5. The zero-order chi connectivity index (χ0) is 19.9. The van der Waals surface area contributed by atoms with Crippen molar-refractivity contribution in [2.75, 3.05) is 23.8 Å². The van der Waals surface area contributed by atoms with Gasteiger partial charge in [0, 0.05) is 25.0 Å². The molecule has 1 aromatic carbocycles. The summed E-state index contributed by atoms with van der Waals surface area (Å²) in [4.78, 5) is 4.30. The number of aromatic nitrogens is 1. The van der Waals surface area contributed by atoms with Gasteiger partial charge in [0.05, 0.1) is 0 Å². The predicted molar refractivity (Wildman–Crippen MR) is 113 cm³/mol. The van der Waals surface area contributed by atoms with Gasteiger partial charge in [0.1, 0.15) is 10.7 Å². The molecule has 0 amide bonds. The van der Waals surface area contributed by atoms with Crippen molar-refractivity contribution in [1.82, 2.24) is 14.7 Å². The molecule has 1 aromatic heterocycles. The van der Waals surface area contributed by atoms with Crippen molar-refractivity contribution in [3.63, 3.8) is 0 Å². The van der Waals surface area contributed by atoms with Gasteiger partial charge in [0.25, 0.3) is 0 Å². The first-order valence-corrected chi connectivity index (χ1v) is 10.6. The lowest BCUT2D eigenvalue weighted by Crippen LogP contribution is -2.34. The number of anilines is 2. The van der Waals surface area contributed by atoms with E-state index in [4.69, 9.17) is 12.2 Å². The average Bonchev–Trinajstić information content (AvgIpc) is 2.68. The number of hydrogen-bond donors (Lipinski definition) is 3. The molecule has 0 radical (unpaired) electrons. The second-order valence-corrected chi connectivity index (χ2v) is 8.03. The lowest BCUT2D eigenvalue weighted by Gasteiger charge is -2.18. The molecule has 0 fully saturated rings. The highest BCUT2D eigenvalue weighted by Crippen LogP contribution is 2.16. The van der Waals surface area contributed by atoms with E-state index in [0.29, 0.717) is 24.0 Å². The van der Waals surface area contributed by atoms with Crippen LogP contribution in [0.2, 0.25) is 0 Å². The third kappa shape index (κ3) is 5.38. The molecule has 0 atom stereocenters. The van der Waals surface area contributed by atoms with E-state index in [1.54, 1.807) is 19.9 Å². The van der Waals surface area contributed by atoms with Crippen LogP contribution in [0.25, 0.3) is 0 Å². The molecule has 0 aliphatic heterocycles. The molecule has 0 aliphatic carbocycles. The second kappa shape index (κ2) is 9.63. The lowest BCUT2D eigenvalue weighted by atomic mass is 10.1. The third-order valence-electron chi connectivity index (χ3n) is 4.03. The van der Waals surface area contributed by atoms with Crippen LogP contribution in [0.3, 0.4) is 0 Å². The van der Waals surface area contributed by atoms with E-state index >= 15 is 0 Å². The molecule has 0 saturated carbocycles. The molecule has 1 heterocycles. The first-order chi connectivity index (χ1) is 12.9. The van der Waals surface area contributed by atoms with E-state index < -0.39 is 10.0 Å². The number of nitrogens with zero attached hydrogens (tertiary/aromatic N) is 2. The lowest BCUT2D eigenvalue weighted by molar-refractivity contribution is 0.445. The molecular weight excluding hydrogens is 382 g/mol. The Morgan fingerprint density at radius 2 is 1.81 bits per heavy atom. The summed E-state index contributed by atoms with van der Waals surface area (Å²) >= 11 is 5.28. The van der Waals surface area contributed by atoms with E-state index in [9.17, 15) is 8.42 Å². The summed E-state index contributed by atoms with van der Waals surface area (Å²) in [7, 11) is -3.51. The Balaban J connectivity index is 1.98. The van der Waals surface area contributed by atoms with Gasteiger partial charge in [-0.1, -0.05) is 39.0 Å². The maximum Gasteiger partial charge on any atom is 0.244 e. The summed E-state index contributed by atoms with van der Waals surface area (Å²) in [6, 6.07) is 11.0. The Labute approximate surface area is 166 Å². The molecule has 146 valence electrons. The zero-order valence-corrected chi connectivity index (χ0v) is 17.3. The van der Waals surface area contributed by atoms with Gasteiger partial charge < -0.3 is 5.32 Å². The molecule has 0 spiro atoms. The summed E-state index contributed by atoms with van der Waals surface area (Å²) in [5, 5.41) is 3.51. The fourth-order valence-electron chi connectivity index (χ4n) is 2.54. The molecule has 7 nitrogen and oxygen atoms in total. The van der Waals surface area contributed by atoms with Crippen LogP contribution in [0.1, 0.15) is 26.3 Å². The molecule has 2 rings (SSSR count). The number of benzene rings is 1. The van der Waals surface area contributed by atoms with E-state index in [0.717, 1.165) is 17.7 Å². The molecule has 0 aliphatic rings. The van der Waals surface area contributed by atoms with Crippen molar-refractivity contribution >= 4 is 38.9 Å². The highest BCUT2D eigenvalue weighted by atomic mass is 32.2. The maximum absolute atomic E-state index is 12.5. The van der Waals surface area contributed by atoms with Crippen molar-refractivity contribution in [3.8, 4) is 0 Å². The number of aryl methyl sites for hydroxylation is 1. The van der Waals surface area contributed by atoms with E-state index in [2.05, 4.69) is 28.1 Å². The van der Waals surface area contributed by atoms with Gasteiger partial charge in [-0.25, -0.2) is 13.4 Å². The first kappa shape index (κ1) is 21.1. The van der Waals surface area contributed by atoms with Crippen LogP contribution >= 0.6 is 12.2 Å². The molecule has 2 aromatic rings. The highest BCUT2D eigenvalue weighted by molar-refractivity contribution is 7.89. The smallest absolute Gasteiger partial charge is 0.244 e. The zero-order valence-electron chi connectivity index (χ0n) is 15.7. The van der Waals surface area contributed by atoms with Crippen LogP contribution in [0.4, 0.5) is 11.5 Å². The van der Waals surface area contributed by atoms with Gasteiger partial charge in [0.2, 0.25) is 10.0 Å². The van der Waals surface area contributed by atoms with Crippen LogP contribution in [0.5, 0.6) is 0 Å². The van der Waals surface area contributed by atoms with Crippen LogP contribution in [-0.2, 0) is 16.4 Å². The Bertz CT molecular complexity index is 866. The monoisotopic (exact) mass is 407 g/mol. The summed E-state index contributed by atoms with van der Waals surface area (Å²) in [5.41, 5.74) is 7.81. The Hall–Kier alpha value is -2.23. The fourth-order valence-corrected chi connectivity index (χ4v) is 4.11. The molecule has 0 saturated heterocycles. The minimum atomic E-state index is -3.51. The quantitative estimate of drug-likeness (QED) is 0.458. The van der Waals surface area contributed by atoms with Crippen molar-refractivity contribution in [3.05, 3.63) is 48.2 Å². The van der Waals surface area contributed by atoms with Crippen LogP contribution in [0.15, 0.2) is 47.5 Å². The fraction of sp³-hybridized carbons (Fsp3) is 0.333.